The van der Waals surface area contributed by atoms with Gasteiger partial charge < -0.3 is 8.98 Å². The number of fused-ring (bicyclic) bond motifs is 3. The highest BCUT2D eigenvalue weighted by Crippen LogP contribution is 2.41. The summed E-state index contributed by atoms with van der Waals surface area (Å²) in [5, 5.41) is 11.2. The van der Waals surface area contributed by atoms with Crippen molar-refractivity contribution in [3.63, 3.8) is 0 Å². The Morgan fingerprint density at radius 3 is 2.60 bits per heavy atom. The highest BCUT2D eigenvalue weighted by Gasteiger charge is 2.29. The van der Waals surface area contributed by atoms with E-state index in [1.165, 1.54) is 75.3 Å². The van der Waals surface area contributed by atoms with E-state index in [2.05, 4.69) is 69.3 Å². The van der Waals surface area contributed by atoms with E-state index in [4.69, 9.17) is 9.40 Å². The summed E-state index contributed by atoms with van der Waals surface area (Å²) in [5.41, 5.74) is 8.17. The van der Waals surface area contributed by atoms with Gasteiger partial charge in [0, 0.05) is 35.4 Å². The number of thioether (sulfide) groups is 1. The highest BCUT2D eigenvalue weighted by atomic mass is 32.2. The molecular weight excluding hydrogens is 514 g/mol. The van der Waals surface area contributed by atoms with Gasteiger partial charge >= 0.3 is 0 Å². The van der Waals surface area contributed by atoms with Crippen molar-refractivity contribution in [3.8, 4) is 11.4 Å². The minimum absolute atomic E-state index is 0.574. The number of pyridine rings is 1. The van der Waals surface area contributed by atoms with Crippen LogP contribution in [0, 0.1) is 12.8 Å². The zero-order chi connectivity index (χ0) is 27.1. The lowest BCUT2D eigenvalue weighted by Gasteiger charge is -2.13. The average Bonchev–Trinajstić information content (AvgIpc) is 3.68. The van der Waals surface area contributed by atoms with E-state index in [1.54, 1.807) is 0 Å². The van der Waals surface area contributed by atoms with Gasteiger partial charge in [0.25, 0.3) is 0 Å². The molecular formula is C33H37N5OS. The lowest BCUT2D eigenvalue weighted by molar-refractivity contribution is 0.412. The molecule has 0 bridgehead atoms. The predicted octanol–water partition coefficient (Wildman–Crippen LogP) is 8.21. The summed E-state index contributed by atoms with van der Waals surface area (Å²) < 4.78 is 8.21. The first-order chi connectivity index (χ1) is 19.6. The second kappa shape index (κ2) is 11.0. The van der Waals surface area contributed by atoms with Gasteiger partial charge in [-0.05, 0) is 93.2 Å². The van der Waals surface area contributed by atoms with Gasteiger partial charge in [-0.3, -0.25) is 4.98 Å². The third-order valence-electron chi connectivity index (χ3n) is 8.73. The van der Waals surface area contributed by atoms with E-state index in [1.807, 2.05) is 18.7 Å². The third-order valence-corrected chi connectivity index (χ3v) is 9.84. The Morgan fingerprint density at radius 2 is 1.75 bits per heavy atom. The Bertz CT molecular complexity index is 1620. The molecule has 0 aliphatic heterocycles. The van der Waals surface area contributed by atoms with Gasteiger partial charge in [-0.2, -0.15) is 0 Å². The van der Waals surface area contributed by atoms with Crippen LogP contribution in [0.25, 0.3) is 33.4 Å². The fourth-order valence-electron chi connectivity index (χ4n) is 6.20. The lowest BCUT2D eigenvalue weighted by atomic mass is 9.93. The van der Waals surface area contributed by atoms with E-state index in [9.17, 15) is 0 Å². The van der Waals surface area contributed by atoms with Crippen LogP contribution >= 0.6 is 11.8 Å². The van der Waals surface area contributed by atoms with Crippen molar-refractivity contribution in [1.29, 1.82) is 0 Å². The van der Waals surface area contributed by atoms with Crippen molar-refractivity contribution < 1.29 is 4.42 Å². The van der Waals surface area contributed by atoms with Crippen LogP contribution in [0.5, 0.6) is 0 Å². The molecule has 2 aliphatic rings. The van der Waals surface area contributed by atoms with Crippen molar-refractivity contribution in [2.75, 3.05) is 5.75 Å². The summed E-state index contributed by atoms with van der Waals surface area (Å²) in [6, 6.07) is 15.0. The van der Waals surface area contributed by atoms with E-state index < -0.39 is 0 Å². The molecule has 2 aliphatic carbocycles. The molecule has 7 heteroatoms. The molecule has 1 unspecified atom stereocenters. The molecule has 0 amide bonds. The second-order valence-corrected chi connectivity index (χ2v) is 12.8. The van der Waals surface area contributed by atoms with E-state index in [-0.39, 0.29) is 0 Å². The van der Waals surface area contributed by atoms with E-state index in [0.29, 0.717) is 5.92 Å². The van der Waals surface area contributed by atoms with Crippen molar-refractivity contribution in [1.82, 2.24) is 24.7 Å². The molecule has 206 valence electrons. The first kappa shape index (κ1) is 25.8. The average molecular weight is 552 g/mol. The fourth-order valence-corrected chi connectivity index (χ4v) is 7.11. The number of hydrogen-bond donors (Lipinski definition) is 0. The largest absolute Gasteiger partial charge is 0.440 e. The zero-order valence-corrected chi connectivity index (χ0v) is 24.3. The van der Waals surface area contributed by atoms with Gasteiger partial charge in [0.05, 0.1) is 5.52 Å². The van der Waals surface area contributed by atoms with Crippen LogP contribution < -0.4 is 0 Å². The van der Waals surface area contributed by atoms with Crippen molar-refractivity contribution in [2.24, 2.45) is 13.0 Å². The highest BCUT2D eigenvalue weighted by molar-refractivity contribution is 7.99. The van der Waals surface area contributed by atoms with Crippen LogP contribution in [-0.4, -0.2) is 30.5 Å². The number of nitrogens with zero attached hydrogens (tertiary/aromatic N) is 5. The molecule has 0 spiro atoms. The van der Waals surface area contributed by atoms with Gasteiger partial charge in [0.15, 0.2) is 22.5 Å². The minimum Gasteiger partial charge on any atom is -0.440 e. The zero-order valence-electron chi connectivity index (χ0n) is 23.5. The van der Waals surface area contributed by atoms with Gasteiger partial charge in [-0.1, -0.05) is 49.2 Å². The molecule has 3 heterocycles. The Balaban J connectivity index is 0.882. The summed E-state index contributed by atoms with van der Waals surface area (Å²) in [6.07, 6.45) is 12.5. The topological polar surface area (TPSA) is 69.6 Å². The Hall–Kier alpha value is -3.19. The van der Waals surface area contributed by atoms with Crippen LogP contribution in [0.1, 0.15) is 80.0 Å². The lowest BCUT2D eigenvalue weighted by Crippen LogP contribution is -2.01. The fraction of sp³-hybridized carbons (Fsp3) is 0.455. The van der Waals surface area contributed by atoms with Crippen molar-refractivity contribution in [3.05, 3.63) is 65.2 Å². The number of benzene rings is 2. The Morgan fingerprint density at radius 1 is 0.900 bits per heavy atom. The number of oxazole rings is 1. The van der Waals surface area contributed by atoms with Crippen LogP contribution in [-0.2, 0) is 19.9 Å². The standard InChI is InChI=1S/C33H37N5OS/c1-21-10-17-26-27(8-6-9-28(26)34-21)31-36-37-33(38(31)2)40-18-5-3-4-7-22-11-13-24-19-29-30(20-25(24)14-12-22)39-32(35-29)23-15-16-23/h6,8-10,17,19-20,22-23H,3-5,7,11-16,18H2,1-2H3. The second-order valence-electron chi connectivity index (χ2n) is 11.7. The van der Waals surface area contributed by atoms with Crippen LogP contribution in [0.4, 0.5) is 0 Å². The predicted molar refractivity (Wildman–Crippen MR) is 162 cm³/mol. The normalized spacial score (nSPS) is 17.4. The maximum absolute atomic E-state index is 6.09. The molecule has 1 saturated carbocycles. The molecule has 7 rings (SSSR count). The van der Waals surface area contributed by atoms with Crippen LogP contribution in [0.2, 0.25) is 0 Å². The summed E-state index contributed by atoms with van der Waals surface area (Å²) in [6.45, 7) is 2.03. The third kappa shape index (κ3) is 5.28. The maximum atomic E-state index is 6.09. The molecule has 0 N–H and O–H groups in total. The molecule has 2 aromatic carbocycles. The van der Waals surface area contributed by atoms with E-state index in [0.717, 1.165) is 61.8 Å². The number of aromatic nitrogens is 5. The number of unbranched alkanes of at least 4 members (excludes halogenated alkanes) is 2. The maximum Gasteiger partial charge on any atom is 0.198 e. The van der Waals surface area contributed by atoms with Crippen molar-refractivity contribution in [2.45, 2.75) is 82.2 Å². The first-order valence-electron chi connectivity index (χ1n) is 14.9. The molecule has 1 fully saturated rings. The van der Waals surface area contributed by atoms with Crippen molar-refractivity contribution >= 4 is 33.8 Å². The summed E-state index contributed by atoms with van der Waals surface area (Å²) in [5.74, 6) is 4.34. The monoisotopic (exact) mass is 551 g/mol. The molecule has 6 nitrogen and oxygen atoms in total. The molecule has 0 saturated heterocycles. The Kier molecular flexibility index (Phi) is 7.08. The molecule has 3 aromatic heterocycles. The number of aryl methyl sites for hydroxylation is 3. The number of hydrogen-bond acceptors (Lipinski definition) is 6. The van der Waals surface area contributed by atoms with Gasteiger partial charge in [0.2, 0.25) is 0 Å². The van der Waals surface area contributed by atoms with Gasteiger partial charge in [0.1, 0.15) is 5.52 Å². The molecule has 1 atom stereocenters. The van der Waals surface area contributed by atoms with Crippen LogP contribution in [0.3, 0.4) is 0 Å². The van der Waals surface area contributed by atoms with E-state index >= 15 is 0 Å². The van der Waals surface area contributed by atoms with Crippen LogP contribution in [0.15, 0.2) is 52.0 Å². The number of rotatable bonds is 9. The quantitative estimate of drug-likeness (QED) is 0.104. The van der Waals surface area contributed by atoms with Gasteiger partial charge in [-0.25, -0.2) is 4.98 Å². The smallest absolute Gasteiger partial charge is 0.198 e. The summed E-state index contributed by atoms with van der Waals surface area (Å²) in [4.78, 5) is 9.46. The summed E-state index contributed by atoms with van der Waals surface area (Å²) >= 11 is 1.82. The molecule has 5 aromatic rings. The first-order valence-corrected chi connectivity index (χ1v) is 15.9. The Labute approximate surface area is 240 Å². The minimum atomic E-state index is 0.574. The van der Waals surface area contributed by atoms with Gasteiger partial charge in [-0.15, -0.1) is 10.2 Å². The summed E-state index contributed by atoms with van der Waals surface area (Å²) in [7, 11) is 2.07. The molecule has 0 radical (unpaired) electrons. The SMILES string of the molecule is Cc1ccc2c(-c3nnc(SCCCCCC4CCc5cc6nc(C7CC7)oc6cc5CC4)n3C)cccc2n1. The molecule has 40 heavy (non-hydrogen) atoms.